The second-order valence-electron chi connectivity index (χ2n) is 7.69. The largest absolute Gasteiger partial charge is 0.543 e. The molecule has 0 radical (unpaired) electrons. The molecule has 23 heavy (non-hydrogen) atoms. The molecule has 2 heterocycles. The lowest BCUT2D eigenvalue weighted by atomic mass is 9.97. The third kappa shape index (κ3) is 2.69. The van der Waals surface area contributed by atoms with Crippen molar-refractivity contribution in [1.29, 1.82) is 0 Å². The van der Waals surface area contributed by atoms with E-state index in [2.05, 4.69) is 33.9 Å². The minimum Gasteiger partial charge on any atom is -0.543 e. The Labute approximate surface area is 138 Å². The number of ether oxygens (including phenoxy) is 3. The van der Waals surface area contributed by atoms with Crippen LogP contribution < -0.4 is 13.9 Å². The lowest BCUT2D eigenvalue weighted by Crippen LogP contribution is -2.44. The van der Waals surface area contributed by atoms with E-state index in [0.717, 1.165) is 11.3 Å². The summed E-state index contributed by atoms with van der Waals surface area (Å²) in [5.41, 5.74) is 0.937. The van der Waals surface area contributed by atoms with Crippen molar-refractivity contribution in [1.82, 2.24) is 0 Å². The van der Waals surface area contributed by atoms with Crippen molar-refractivity contribution in [2.75, 3.05) is 7.11 Å². The summed E-state index contributed by atoms with van der Waals surface area (Å²) in [4.78, 5) is 11.6. The Bertz CT molecular complexity index is 647. The molecule has 0 amide bonds. The third-order valence-electron chi connectivity index (χ3n) is 5.06. The highest BCUT2D eigenvalue weighted by molar-refractivity contribution is 6.74. The highest BCUT2D eigenvalue weighted by Crippen LogP contribution is 2.52. The number of carbonyl (C=O) groups excluding carboxylic acids is 1. The van der Waals surface area contributed by atoms with Gasteiger partial charge in [0.1, 0.15) is 17.2 Å². The number of fused-ring (bicyclic) bond motifs is 3. The first-order chi connectivity index (χ1) is 10.6. The summed E-state index contributed by atoms with van der Waals surface area (Å²) in [7, 11) is -0.403. The van der Waals surface area contributed by atoms with Gasteiger partial charge in [0.25, 0.3) is 6.29 Å². The summed E-state index contributed by atoms with van der Waals surface area (Å²) in [5, 5.41) is 0.0732. The van der Waals surface area contributed by atoms with Crippen LogP contribution in [0.1, 0.15) is 38.7 Å². The van der Waals surface area contributed by atoms with Crippen LogP contribution in [0.3, 0.4) is 0 Å². The fourth-order valence-corrected chi connectivity index (χ4v) is 3.70. The van der Waals surface area contributed by atoms with Crippen molar-refractivity contribution in [2.24, 2.45) is 0 Å². The van der Waals surface area contributed by atoms with Crippen molar-refractivity contribution < 1.29 is 23.4 Å². The number of carbonyl (C=O) groups is 1. The molecule has 0 unspecified atom stereocenters. The Kier molecular flexibility index (Phi) is 3.63. The molecule has 1 aromatic carbocycles. The molecule has 126 valence electrons. The van der Waals surface area contributed by atoms with Gasteiger partial charge in [0.05, 0.1) is 19.4 Å². The van der Waals surface area contributed by atoms with E-state index in [1.807, 2.05) is 12.1 Å². The zero-order chi connectivity index (χ0) is 17.0. The van der Waals surface area contributed by atoms with Crippen LogP contribution in [-0.4, -0.2) is 27.7 Å². The van der Waals surface area contributed by atoms with E-state index in [0.29, 0.717) is 17.9 Å². The van der Waals surface area contributed by atoms with Gasteiger partial charge in [0.15, 0.2) is 0 Å². The van der Waals surface area contributed by atoms with Crippen LogP contribution in [0.5, 0.6) is 17.2 Å². The van der Waals surface area contributed by atoms with E-state index in [1.165, 1.54) is 0 Å². The number of esters is 1. The molecular weight excluding hydrogens is 312 g/mol. The topological polar surface area (TPSA) is 54.0 Å². The number of hydrogen-bond donors (Lipinski definition) is 0. The van der Waals surface area contributed by atoms with Crippen LogP contribution in [0, 0.1) is 0 Å². The standard InChI is InChI=1S/C17H24O5Si/c1-17(2,3)23(5,6)22-13-8-10(19-4)7-12-15(13)11-9-14(18)21-16(11)20-12/h7-8,11,16H,9H2,1-6H3/t11-,16-/m0/s1. The Hall–Kier alpha value is -1.69. The number of benzene rings is 1. The van der Waals surface area contributed by atoms with Gasteiger partial charge in [-0.15, -0.1) is 0 Å². The second-order valence-corrected chi connectivity index (χ2v) is 12.4. The molecule has 1 saturated heterocycles. The van der Waals surface area contributed by atoms with Gasteiger partial charge in [-0.3, -0.25) is 4.79 Å². The molecule has 2 atom stereocenters. The zero-order valence-corrected chi connectivity index (χ0v) is 15.6. The summed E-state index contributed by atoms with van der Waals surface area (Å²) in [6.07, 6.45) is -0.205. The SMILES string of the molecule is COc1cc2c(c(O[Si](C)(C)C(C)(C)C)c1)[C@@H]1CC(=O)O[C@@H]1O2. The lowest BCUT2D eigenvalue weighted by molar-refractivity contribution is -0.150. The quantitative estimate of drug-likeness (QED) is 0.620. The lowest BCUT2D eigenvalue weighted by Gasteiger charge is -2.37. The van der Waals surface area contributed by atoms with Crippen LogP contribution in [0.2, 0.25) is 18.1 Å². The minimum atomic E-state index is -2.02. The second kappa shape index (κ2) is 5.16. The zero-order valence-electron chi connectivity index (χ0n) is 14.6. The highest BCUT2D eigenvalue weighted by atomic mass is 28.4. The Morgan fingerprint density at radius 3 is 2.52 bits per heavy atom. The van der Waals surface area contributed by atoms with E-state index in [1.54, 1.807) is 7.11 Å². The van der Waals surface area contributed by atoms with Crippen LogP contribution in [-0.2, 0) is 9.53 Å². The van der Waals surface area contributed by atoms with Gasteiger partial charge in [-0.05, 0) is 18.1 Å². The van der Waals surface area contributed by atoms with Crippen molar-refractivity contribution >= 4 is 14.3 Å². The number of methoxy groups -OCH3 is 1. The monoisotopic (exact) mass is 336 g/mol. The van der Waals surface area contributed by atoms with Crippen LogP contribution in [0.25, 0.3) is 0 Å². The number of hydrogen-bond acceptors (Lipinski definition) is 5. The molecule has 5 nitrogen and oxygen atoms in total. The molecule has 2 aliphatic rings. The summed E-state index contributed by atoms with van der Waals surface area (Å²) in [6.45, 7) is 11.0. The molecule has 6 heteroatoms. The summed E-state index contributed by atoms with van der Waals surface area (Å²) < 4.78 is 22.9. The maximum atomic E-state index is 11.6. The smallest absolute Gasteiger partial charge is 0.309 e. The summed E-state index contributed by atoms with van der Waals surface area (Å²) in [5.74, 6) is 1.82. The van der Waals surface area contributed by atoms with Gasteiger partial charge >= 0.3 is 5.97 Å². The van der Waals surface area contributed by atoms with E-state index < -0.39 is 14.6 Å². The average molecular weight is 336 g/mol. The van der Waals surface area contributed by atoms with Crippen molar-refractivity contribution in [2.45, 2.75) is 57.5 Å². The molecule has 3 rings (SSSR count). The Morgan fingerprint density at radius 1 is 1.22 bits per heavy atom. The number of rotatable bonds is 3. The molecule has 2 aliphatic heterocycles. The first-order valence-electron chi connectivity index (χ1n) is 7.89. The molecule has 0 N–H and O–H groups in total. The van der Waals surface area contributed by atoms with Crippen molar-refractivity contribution in [3.05, 3.63) is 17.7 Å². The fraction of sp³-hybridized carbons (Fsp3) is 0.588. The Morgan fingerprint density at radius 2 is 1.91 bits per heavy atom. The van der Waals surface area contributed by atoms with Gasteiger partial charge in [-0.25, -0.2) is 0 Å². The van der Waals surface area contributed by atoms with Gasteiger partial charge in [0, 0.05) is 17.7 Å². The van der Waals surface area contributed by atoms with Crippen LogP contribution in [0.4, 0.5) is 0 Å². The van der Waals surface area contributed by atoms with Gasteiger partial charge < -0.3 is 18.6 Å². The summed E-state index contributed by atoms with van der Waals surface area (Å²) in [6, 6.07) is 3.73. The van der Waals surface area contributed by atoms with E-state index in [4.69, 9.17) is 18.6 Å². The van der Waals surface area contributed by atoms with E-state index >= 15 is 0 Å². The third-order valence-corrected chi connectivity index (χ3v) is 9.40. The van der Waals surface area contributed by atoms with Crippen LogP contribution >= 0.6 is 0 Å². The molecule has 1 fully saturated rings. The highest BCUT2D eigenvalue weighted by Gasteiger charge is 2.48. The van der Waals surface area contributed by atoms with E-state index in [-0.39, 0.29) is 16.9 Å². The Balaban J connectivity index is 2.04. The van der Waals surface area contributed by atoms with Gasteiger partial charge in [-0.2, -0.15) is 0 Å². The van der Waals surface area contributed by atoms with Gasteiger partial charge in [0.2, 0.25) is 8.32 Å². The molecule has 0 saturated carbocycles. The first-order valence-corrected chi connectivity index (χ1v) is 10.8. The summed E-state index contributed by atoms with van der Waals surface area (Å²) >= 11 is 0. The molecule has 0 aromatic heterocycles. The predicted octanol–water partition coefficient (Wildman–Crippen LogP) is 3.83. The molecular formula is C17H24O5Si. The molecule has 0 spiro atoms. The maximum absolute atomic E-state index is 11.6. The molecule has 0 bridgehead atoms. The van der Waals surface area contributed by atoms with Crippen molar-refractivity contribution in [3.8, 4) is 17.2 Å². The average Bonchev–Trinajstić information content (AvgIpc) is 2.91. The fourth-order valence-electron chi connectivity index (χ4n) is 2.68. The van der Waals surface area contributed by atoms with E-state index in [9.17, 15) is 4.79 Å². The van der Waals surface area contributed by atoms with Gasteiger partial charge in [-0.1, -0.05) is 20.8 Å². The first kappa shape index (κ1) is 16.2. The normalized spacial score (nSPS) is 23.0. The minimum absolute atomic E-state index is 0.0732. The van der Waals surface area contributed by atoms with Crippen LogP contribution in [0.15, 0.2) is 12.1 Å². The predicted molar refractivity (Wildman–Crippen MR) is 88.7 cm³/mol. The maximum Gasteiger partial charge on any atom is 0.309 e. The van der Waals surface area contributed by atoms with Crippen molar-refractivity contribution in [3.63, 3.8) is 0 Å². The molecule has 0 aliphatic carbocycles. The molecule has 1 aromatic rings.